The van der Waals surface area contributed by atoms with Crippen LogP contribution in [0.1, 0.15) is 21.8 Å². The highest BCUT2D eigenvalue weighted by molar-refractivity contribution is 7.20. The summed E-state index contributed by atoms with van der Waals surface area (Å²) in [5.41, 5.74) is 7.46. The molecule has 26 heavy (non-hydrogen) atoms. The Morgan fingerprint density at radius 2 is 2.19 bits per heavy atom. The Balaban J connectivity index is 0.00000196. The van der Waals surface area contributed by atoms with Crippen molar-refractivity contribution in [2.75, 3.05) is 19.6 Å². The van der Waals surface area contributed by atoms with Gasteiger partial charge in [-0.1, -0.05) is 23.7 Å². The van der Waals surface area contributed by atoms with Crippen molar-refractivity contribution in [2.45, 2.75) is 13.3 Å². The van der Waals surface area contributed by atoms with E-state index in [4.69, 9.17) is 17.3 Å². The van der Waals surface area contributed by atoms with Crippen LogP contribution in [0.25, 0.3) is 15.9 Å². The van der Waals surface area contributed by atoms with Gasteiger partial charge in [0.1, 0.15) is 4.83 Å². The highest BCUT2D eigenvalue weighted by atomic mass is 35.5. The number of likely N-dealkylation sites (tertiary alicyclic amines) is 1. The van der Waals surface area contributed by atoms with Crippen LogP contribution in [-0.4, -0.2) is 40.2 Å². The van der Waals surface area contributed by atoms with Gasteiger partial charge in [0.2, 0.25) is 0 Å². The van der Waals surface area contributed by atoms with Gasteiger partial charge in [-0.05, 0) is 44.0 Å². The third kappa shape index (κ3) is 3.22. The normalized spacial score (nSPS) is 16.9. The maximum absolute atomic E-state index is 12.8. The highest BCUT2D eigenvalue weighted by Gasteiger charge is 2.28. The molecule has 3 heterocycles. The second-order valence-electron chi connectivity index (χ2n) is 6.42. The smallest absolute Gasteiger partial charge is 0.264 e. The number of carbonyl (C=O) groups is 1. The number of amides is 1. The lowest BCUT2D eigenvalue weighted by molar-refractivity contribution is 0.0792. The van der Waals surface area contributed by atoms with Gasteiger partial charge in [-0.2, -0.15) is 5.10 Å². The Kier molecular flexibility index (Phi) is 5.58. The van der Waals surface area contributed by atoms with Gasteiger partial charge in [0.15, 0.2) is 0 Å². The molecule has 4 rings (SSSR count). The van der Waals surface area contributed by atoms with Crippen LogP contribution in [0, 0.1) is 12.8 Å². The van der Waals surface area contributed by atoms with E-state index in [0.29, 0.717) is 17.5 Å². The van der Waals surface area contributed by atoms with E-state index in [0.717, 1.165) is 46.0 Å². The molecular weight excluding hydrogens is 391 g/mol. The van der Waals surface area contributed by atoms with Crippen LogP contribution in [0.3, 0.4) is 0 Å². The van der Waals surface area contributed by atoms with E-state index >= 15 is 0 Å². The molecule has 1 aromatic carbocycles. The van der Waals surface area contributed by atoms with Gasteiger partial charge in [-0.3, -0.25) is 4.79 Å². The van der Waals surface area contributed by atoms with E-state index in [1.807, 2.05) is 46.8 Å². The zero-order chi connectivity index (χ0) is 17.6. The van der Waals surface area contributed by atoms with Crippen LogP contribution in [0.15, 0.2) is 30.3 Å². The number of halogens is 2. The Bertz CT molecular complexity index is 952. The van der Waals surface area contributed by atoms with Crippen LogP contribution in [0.4, 0.5) is 0 Å². The number of rotatable bonds is 3. The Morgan fingerprint density at radius 3 is 2.88 bits per heavy atom. The lowest BCUT2D eigenvalue weighted by atomic mass is 10.1. The van der Waals surface area contributed by atoms with Crippen LogP contribution in [0.5, 0.6) is 0 Å². The number of para-hydroxylation sites is 1. The maximum Gasteiger partial charge on any atom is 0.264 e. The van der Waals surface area contributed by atoms with E-state index < -0.39 is 0 Å². The summed E-state index contributed by atoms with van der Waals surface area (Å²) in [4.78, 5) is 16.4. The molecule has 1 unspecified atom stereocenters. The minimum Gasteiger partial charge on any atom is -0.338 e. The maximum atomic E-state index is 12.8. The first-order valence-electron chi connectivity index (χ1n) is 8.32. The molecular formula is C18H20Cl2N4OS. The molecule has 0 aliphatic carbocycles. The summed E-state index contributed by atoms with van der Waals surface area (Å²) >= 11 is 7.80. The van der Waals surface area contributed by atoms with Gasteiger partial charge in [0.25, 0.3) is 5.91 Å². The number of hydrogen-bond acceptors (Lipinski definition) is 4. The number of aromatic nitrogens is 2. The van der Waals surface area contributed by atoms with E-state index in [1.54, 1.807) is 0 Å². The molecule has 0 spiro atoms. The number of benzene rings is 1. The zero-order valence-electron chi connectivity index (χ0n) is 14.3. The molecule has 1 saturated heterocycles. The van der Waals surface area contributed by atoms with Gasteiger partial charge in [0, 0.05) is 18.5 Å². The summed E-state index contributed by atoms with van der Waals surface area (Å²) in [5, 5.41) is 6.25. The molecule has 1 fully saturated rings. The number of fused-ring (bicyclic) bond motifs is 1. The molecule has 0 bridgehead atoms. The second kappa shape index (κ2) is 7.56. The van der Waals surface area contributed by atoms with Gasteiger partial charge in [-0.15, -0.1) is 23.7 Å². The molecule has 3 aromatic rings. The van der Waals surface area contributed by atoms with Crippen molar-refractivity contribution < 1.29 is 4.79 Å². The van der Waals surface area contributed by atoms with Crippen molar-refractivity contribution in [3.63, 3.8) is 0 Å². The van der Waals surface area contributed by atoms with Crippen molar-refractivity contribution in [3.05, 3.63) is 45.9 Å². The van der Waals surface area contributed by atoms with Gasteiger partial charge < -0.3 is 10.6 Å². The van der Waals surface area contributed by atoms with Crippen molar-refractivity contribution in [1.29, 1.82) is 0 Å². The molecule has 1 aliphatic heterocycles. The minimum atomic E-state index is 0. The van der Waals surface area contributed by atoms with E-state index in [-0.39, 0.29) is 18.3 Å². The summed E-state index contributed by atoms with van der Waals surface area (Å²) in [6.45, 7) is 4.12. The molecule has 8 heteroatoms. The van der Waals surface area contributed by atoms with E-state index in [9.17, 15) is 4.79 Å². The first-order valence-corrected chi connectivity index (χ1v) is 9.51. The molecule has 0 saturated carbocycles. The fourth-order valence-corrected chi connectivity index (χ4v) is 4.66. The summed E-state index contributed by atoms with van der Waals surface area (Å²) in [6.07, 6.45) is 0.986. The summed E-state index contributed by atoms with van der Waals surface area (Å²) in [5.74, 6) is 0.501. The zero-order valence-corrected chi connectivity index (χ0v) is 16.7. The Labute approximate surface area is 167 Å². The van der Waals surface area contributed by atoms with Gasteiger partial charge in [0.05, 0.1) is 21.3 Å². The predicted octanol–water partition coefficient (Wildman–Crippen LogP) is 3.89. The third-order valence-corrected chi connectivity index (χ3v) is 6.16. The van der Waals surface area contributed by atoms with Gasteiger partial charge >= 0.3 is 0 Å². The average Bonchev–Trinajstić information content (AvgIpc) is 3.31. The average molecular weight is 411 g/mol. The number of carbonyl (C=O) groups excluding carboxylic acids is 1. The molecule has 2 aromatic heterocycles. The number of thiophene rings is 1. The third-order valence-electron chi connectivity index (χ3n) is 4.74. The number of hydrogen-bond donors (Lipinski definition) is 1. The lowest BCUT2D eigenvalue weighted by Crippen LogP contribution is -2.29. The summed E-state index contributed by atoms with van der Waals surface area (Å²) in [6, 6.07) is 9.55. The number of aryl methyl sites for hydroxylation is 1. The van der Waals surface area contributed by atoms with E-state index in [1.165, 1.54) is 11.3 Å². The summed E-state index contributed by atoms with van der Waals surface area (Å²) in [7, 11) is 0. The first-order chi connectivity index (χ1) is 12.1. The number of nitrogens with two attached hydrogens (primary N) is 1. The van der Waals surface area contributed by atoms with Crippen LogP contribution in [-0.2, 0) is 0 Å². The SMILES string of the molecule is Cc1nn(-c2ccccc2Cl)c2sc(C(=O)N3CCC(CN)C3)cc12.Cl. The molecule has 5 nitrogen and oxygen atoms in total. The lowest BCUT2D eigenvalue weighted by Gasteiger charge is -2.14. The topological polar surface area (TPSA) is 64.2 Å². The minimum absolute atomic E-state index is 0. The Hall–Kier alpha value is -1.60. The van der Waals surface area contributed by atoms with Crippen molar-refractivity contribution in [2.24, 2.45) is 11.7 Å². The molecule has 1 atom stereocenters. The van der Waals surface area contributed by atoms with Crippen molar-refractivity contribution >= 4 is 51.5 Å². The van der Waals surface area contributed by atoms with Crippen LogP contribution in [0.2, 0.25) is 5.02 Å². The molecule has 1 aliphatic rings. The standard InChI is InChI=1S/C18H19ClN4OS.ClH/c1-11-13-8-16(17(24)22-7-6-12(9-20)10-22)25-18(13)23(21-11)15-5-3-2-4-14(15)19;/h2-5,8,12H,6-7,9-10,20H2,1H3;1H. The Morgan fingerprint density at radius 1 is 1.42 bits per heavy atom. The van der Waals surface area contributed by atoms with Crippen LogP contribution < -0.4 is 5.73 Å². The molecule has 1 amide bonds. The predicted molar refractivity (Wildman–Crippen MR) is 109 cm³/mol. The van der Waals surface area contributed by atoms with Gasteiger partial charge in [-0.25, -0.2) is 4.68 Å². The summed E-state index contributed by atoms with van der Waals surface area (Å²) < 4.78 is 1.83. The molecule has 2 N–H and O–H groups in total. The highest BCUT2D eigenvalue weighted by Crippen LogP contribution is 2.33. The van der Waals surface area contributed by atoms with Crippen molar-refractivity contribution in [3.8, 4) is 5.69 Å². The number of nitrogens with zero attached hydrogens (tertiary/aromatic N) is 3. The molecule has 138 valence electrons. The quantitative estimate of drug-likeness (QED) is 0.711. The monoisotopic (exact) mass is 410 g/mol. The fraction of sp³-hybridized carbons (Fsp3) is 0.333. The first kappa shape index (κ1) is 19.2. The fourth-order valence-electron chi connectivity index (χ4n) is 3.30. The van der Waals surface area contributed by atoms with Crippen LogP contribution >= 0.6 is 35.3 Å². The second-order valence-corrected chi connectivity index (χ2v) is 7.86. The molecule has 0 radical (unpaired) electrons. The van der Waals surface area contributed by atoms with Crippen molar-refractivity contribution in [1.82, 2.24) is 14.7 Å². The van der Waals surface area contributed by atoms with E-state index in [2.05, 4.69) is 5.10 Å². The largest absolute Gasteiger partial charge is 0.338 e.